The molecule has 1 saturated carbocycles. The van der Waals surface area contributed by atoms with Crippen LogP contribution in [-0.4, -0.2) is 40.8 Å². The van der Waals surface area contributed by atoms with Crippen molar-refractivity contribution in [1.82, 2.24) is 14.1 Å². The maximum Gasteiger partial charge on any atom is 0.267 e. The van der Waals surface area contributed by atoms with Crippen LogP contribution in [-0.2, 0) is 10.0 Å². The molecule has 2 aromatic rings. The molecule has 0 spiro atoms. The van der Waals surface area contributed by atoms with Gasteiger partial charge in [0.25, 0.3) is 5.56 Å². The highest BCUT2D eigenvalue weighted by Crippen LogP contribution is 2.35. The largest absolute Gasteiger partial charge is 0.268 e. The first-order valence-corrected chi connectivity index (χ1v) is 9.20. The fourth-order valence-corrected chi connectivity index (χ4v) is 4.72. The van der Waals surface area contributed by atoms with Crippen LogP contribution >= 0.6 is 0 Å². The Morgan fingerprint density at radius 3 is 2.35 bits per heavy atom. The summed E-state index contributed by atoms with van der Waals surface area (Å²) in [5.74, 6) is 0. The zero-order chi connectivity index (χ0) is 16.0. The molecule has 1 aliphatic heterocycles. The fraction of sp³-hybridized carbons (Fsp3) is 0.375. The standard InChI is InChI=1S/C16H17N3O3S/c20-16-9-8-15(12-4-2-1-3-5-12)17-19(16)13-10-18(11-13)23(21,22)14-6-7-14/h1-5,8-9,13-14H,6-7,10-11H2. The summed E-state index contributed by atoms with van der Waals surface area (Å²) < 4.78 is 27.2. The van der Waals surface area contributed by atoms with Gasteiger partial charge < -0.3 is 0 Å². The van der Waals surface area contributed by atoms with Gasteiger partial charge in [-0.25, -0.2) is 13.1 Å². The molecule has 1 aliphatic carbocycles. The zero-order valence-electron chi connectivity index (χ0n) is 12.5. The third kappa shape index (κ3) is 2.60. The molecule has 0 atom stereocenters. The van der Waals surface area contributed by atoms with E-state index in [0.717, 1.165) is 18.4 Å². The van der Waals surface area contributed by atoms with E-state index in [4.69, 9.17) is 0 Å². The first kappa shape index (κ1) is 14.6. The van der Waals surface area contributed by atoms with Crippen molar-refractivity contribution in [3.05, 3.63) is 52.8 Å². The molecule has 0 bridgehead atoms. The van der Waals surface area contributed by atoms with Gasteiger partial charge in [0.1, 0.15) is 0 Å². The lowest BCUT2D eigenvalue weighted by Crippen LogP contribution is -2.54. The van der Waals surface area contributed by atoms with Crippen molar-refractivity contribution in [2.45, 2.75) is 24.1 Å². The van der Waals surface area contributed by atoms with Crippen LogP contribution in [0.3, 0.4) is 0 Å². The van der Waals surface area contributed by atoms with Crippen molar-refractivity contribution in [1.29, 1.82) is 0 Å². The van der Waals surface area contributed by atoms with Crippen LogP contribution in [0.2, 0.25) is 0 Å². The Labute approximate surface area is 134 Å². The van der Waals surface area contributed by atoms with Crippen LogP contribution in [0, 0.1) is 0 Å². The third-order valence-electron chi connectivity index (χ3n) is 4.37. The van der Waals surface area contributed by atoms with Gasteiger partial charge in [0, 0.05) is 24.7 Å². The van der Waals surface area contributed by atoms with E-state index in [1.165, 1.54) is 15.1 Å². The number of benzene rings is 1. The van der Waals surface area contributed by atoms with Gasteiger partial charge in [-0.1, -0.05) is 30.3 Å². The molecule has 2 fully saturated rings. The second kappa shape index (κ2) is 5.28. The summed E-state index contributed by atoms with van der Waals surface area (Å²) in [5, 5.41) is 4.22. The number of nitrogens with zero attached hydrogens (tertiary/aromatic N) is 3. The number of sulfonamides is 1. The lowest BCUT2D eigenvalue weighted by Gasteiger charge is -2.38. The van der Waals surface area contributed by atoms with E-state index in [0.29, 0.717) is 18.8 Å². The summed E-state index contributed by atoms with van der Waals surface area (Å²) >= 11 is 0. The molecule has 0 amide bonds. The summed E-state index contributed by atoms with van der Waals surface area (Å²) in [6.45, 7) is 0.675. The fourth-order valence-electron chi connectivity index (χ4n) is 2.81. The average molecular weight is 331 g/mol. The molecule has 2 heterocycles. The zero-order valence-corrected chi connectivity index (χ0v) is 13.3. The summed E-state index contributed by atoms with van der Waals surface area (Å²) in [6, 6.07) is 12.6. The molecule has 0 N–H and O–H groups in total. The van der Waals surface area contributed by atoms with Crippen LogP contribution in [0.15, 0.2) is 47.3 Å². The monoisotopic (exact) mass is 331 g/mol. The van der Waals surface area contributed by atoms with Crippen molar-refractivity contribution in [2.75, 3.05) is 13.1 Å². The smallest absolute Gasteiger partial charge is 0.267 e. The van der Waals surface area contributed by atoms with Gasteiger partial charge in [-0.15, -0.1) is 0 Å². The molecule has 0 unspecified atom stereocenters. The van der Waals surface area contributed by atoms with E-state index in [1.54, 1.807) is 6.07 Å². The molecule has 0 radical (unpaired) electrons. The normalized spacial score (nSPS) is 19.5. The minimum Gasteiger partial charge on any atom is -0.268 e. The molecule has 7 heteroatoms. The van der Waals surface area contributed by atoms with Gasteiger partial charge in [-0.2, -0.15) is 9.40 Å². The number of rotatable bonds is 4. The van der Waals surface area contributed by atoms with Crippen LogP contribution in [0.5, 0.6) is 0 Å². The number of aromatic nitrogens is 2. The molecule has 1 aromatic carbocycles. The first-order chi connectivity index (χ1) is 11.1. The van der Waals surface area contributed by atoms with Crippen molar-refractivity contribution in [3.8, 4) is 11.3 Å². The van der Waals surface area contributed by atoms with Crippen molar-refractivity contribution < 1.29 is 8.42 Å². The Balaban J connectivity index is 1.57. The average Bonchev–Trinajstić information content (AvgIpc) is 3.33. The van der Waals surface area contributed by atoms with Gasteiger partial charge in [-0.05, 0) is 18.9 Å². The molecule has 120 valence electrons. The molecule has 4 rings (SSSR count). The third-order valence-corrected chi connectivity index (χ3v) is 6.71. The first-order valence-electron chi connectivity index (χ1n) is 7.70. The summed E-state index contributed by atoms with van der Waals surface area (Å²) in [6.07, 6.45) is 1.51. The Kier molecular flexibility index (Phi) is 3.35. The van der Waals surface area contributed by atoms with E-state index in [2.05, 4.69) is 5.10 Å². The van der Waals surface area contributed by atoms with Crippen molar-refractivity contribution >= 4 is 10.0 Å². The molecule has 23 heavy (non-hydrogen) atoms. The highest BCUT2D eigenvalue weighted by atomic mass is 32.2. The van der Waals surface area contributed by atoms with E-state index in [9.17, 15) is 13.2 Å². The molecular formula is C16H17N3O3S. The van der Waals surface area contributed by atoms with Gasteiger partial charge in [0.05, 0.1) is 17.0 Å². The molecular weight excluding hydrogens is 314 g/mol. The Bertz CT molecular complexity index is 882. The number of hydrogen-bond acceptors (Lipinski definition) is 4. The minimum absolute atomic E-state index is 0.181. The second-order valence-electron chi connectivity index (χ2n) is 6.08. The van der Waals surface area contributed by atoms with Crippen LogP contribution in [0.4, 0.5) is 0 Å². The van der Waals surface area contributed by atoms with E-state index in [-0.39, 0.29) is 16.9 Å². The van der Waals surface area contributed by atoms with Crippen LogP contribution < -0.4 is 5.56 Å². The van der Waals surface area contributed by atoms with E-state index < -0.39 is 10.0 Å². The lowest BCUT2D eigenvalue weighted by atomic mass is 10.1. The number of hydrogen-bond donors (Lipinski definition) is 0. The highest BCUT2D eigenvalue weighted by molar-refractivity contribution is 7.90. The Morgan fingerprint density at radius 1 is 1.00 bits per heavy atom. The lowest BCUT2D eigenvalue weighted by molar-refractivity contribution is 0.185. The van der Waals surface area contributed by atoms with Gasteiger partial charge in [-0.3, -0.25) is 4.79 Å². The minimum atomic E-state index is -3.15. The summed E-state index contributed by atoms with van der Waals surface area (Å²) in [4.78, 5) is 12.1. The van der Waals surface area contributed by atoms with Gasteiger partial charge in [0.15, 0.2) is 0 Å². The molecule has 2 aliphatic rings. The van der Waals surface area contributed by atoms with Gasteiger partial charge in [0.2, 0.25) is 10.0 Å². The Hall–Kier alpha value is -1.99. The van der Waals surface area contributed by atoms with Crippen LogP contribution in [0.25, 0.3) is 11.3 Å². The summed E-state index contributed by atoms with van der Waals surface area (Å²) in [7, 11) is -3.15. The predicted molar refractivity (Wildman–Crippen MR) is 86.5 cm³/mol. The molecule has 6 nitrogen and oxygen atoms in total. The topological polar surface area (TPSA) is 72.3 Å². The van der Waals surface area contributed by atoms with E-state index in [1.807, 2.05) is 30.3 Å². The summed E-state index contributed by atoms with van der Waals surface area (Å²) in [5.41, 5.74) is 1.45. The van der Waals surface area contributed by atoms with Crippen molar-refractivity contribution in [2.24, 2.45) is 0 Å². The Morgan fingerprint density at radius 2 is 1.70 bits per heavy atom. The maximum absolute atomic E-state index is 12.1. The quantitative estimate of drug-likeness (QED) is 0.845. The SMILES string of the molecule is O=c1ccc(-c2ccccc2)nn1C1CN(S(=O)(=O)C2CC2)C1. The van der Waals surface area contributed by atoms with Gasteiger partial charge >= 0.3 is 0 Å². The maximum atomic E-state index is 12.1. The predicted octanol–water partition coefficient (Wildman–Crippen LogP) is 1.26. The van der Waals surface area contributed by atoms with Crippen LogP contribution in [0.1, 0.15) is 18.9 Å². The van der Waals surface area contributed by atoms with E-state index >= 15 is 0 Å². The second-order valence-corrected chi connectivity index (χ2v) is 8.30. The highest BCUT2D eigenvalue weighted by Gasteiger charge is 2.46. The van der Waals surface area contributed by atoms with Crippen molar-refractivity contribution in [3.63, 3.8) is 0 Å². The molecule has 1 aromatic heterocycles. The molecule has 1 saturated heterocycles.